The van der Waals surface area contributed by atoms with Gasteiger partial charge in [0.1, 0.15) is 11.6 Å². The molecule has 2 rings (SSSR count). The lowest BCUT2D eigenvalue weighted by Gasteiger charge is -2.28. The average molecular weight is 223 g/mol. The SMILES string of the molecule is Cc1cc(OC2CCC2)c([C@H](C)N)cc1F. The van der Waals surface area contributed by atoms with Gasteiger partial charge in [0.15, 0.2) is 0 Å². The van der Waals surface area contributed by atoms with E-state index in [1.807, 2.05) is 6.92 Å². The Kier molecular flexibility index (Phi) is 3.15. The second-order valence-corrected chi connectivity index (χ2v) is 4.60. The van der Waals surface area contributed by atoms with Crippen molar-refractivity contribution in [3.05, 3.63) is 29.1 Å². The van der Waals surface area contributed by atoms with Gasteiger partial charge in [0, 0.05) is 11.6 Å². The molecule has 0 heterocycles. The Bertz CT molecular complexity index is 386. The van der Waals surface area contributed by atoms with Gasteiger partial charge in [0.25, 0.3) is 0 Å². The summed E-state index contributed by atoms with van der Waals surface area (Å²) in [5.74, 6) is 0.534. The summed E-state index contributed by atoms with van der Waals surface area (Å²) in [6.07, 6.45) is 3.70. The standard InChI is InChI=1S/C13H18FNO/c1-8-6-13(16-10-4-3-5-10)11(9(2)15)7-12(8)14/h6-7,9-10H,3-5,15H2,1-2H3/t9-/m0/s1. The Labute approximate surface area is 95.6 Å². The molecule has 0 bridgehead atoms. The Morgan fingerprint density at radius 1 is 1.44 bits per heavy atom. The molecule has 0 radical (unpaired) electrons. The fraction of sp³-hybridized carbons (Fsp3) is 0.538. The van der Waals surface area contributed by atoms with Crippen LogP contribution in [0.15, 0.2) is 12.1 Å². The highest BCUT2D eigenvalue weighted by atomic mass is 19.1. The molecule has 1 aliphatic rings. The highest BCUT2D eigenvalue weighted by Crippen LogP contribution is 2.31. The zero-order chi connectivity index (χ0) is 11.7. The topological polar surface area (TPSA) is 35.2 Å². The highest BCUT2D eigenvalue weighted by molar-refractivity contribution is 5.40. The third kappa shape index (κ3) is 2.19. The lowest BCUT2D eigenvalue weighted by molar-refractivity contribution is 0.118. The quantitative estimate of drug-likeness (QED) is 0.854. The van der Waals surface area contributed by atoms with Gasteiger partial charge >= 0.3 is 0 Å². The first-order valence-electron chi connectivity index (χ1n) is 5.80. The van der Waals surface area contributed by atoms with Crippen LogP contribution in [-0.2, 0) is 0 Å². The maximum atomic E-state index is 13.4. The van der Waals surface area contributed by atoms with Crippen LogP contribution < -0.4 is 10.5 Å². The van der Waals surface area contributed by atoms with Gasteiger partial charge in [-0.15, -0.1) is 0 Å². The molecular formula is C13H18FNO. The fourth-order valence-electron chi connectivity index (χ4n) is 1.80. The number of benzene rings is 1. The van der Waals surface area contributed by atoms with Crippen molar-refractivity contribution in [1.29, 1.82) is 0 Å². The van der Waals surface area contributed by atoms with Crippen molar-refractivity contribution in [2.75, 3.05) is 0 Å². The van der Waals surface area contributed by atoms with Crippen molar-refractivity contribution < 1.29 is 9.13 Å². The highest BCUT2D eigenvalue weighted by Gasteiger charge is 2.21. The number of nitrogens with two attached hydrogens (primary N) is 1. The molecular weight excluding hydrogens is 205 g/mol. The Balaban J connectivity index is 2.28. The molecule has 0 unspecified atom stereocenters. The minimum atomic E-state index is -0.215. The number of hydrogen-bond acceptors (Lipinski definition) is 2. The van der Waals surface area contributed by atoms with Crippen LogP contribution in [0, 0.1) is 12.7 Å². The van der Waals surface area contributed by atoms with Crippen LogP contribution >= 0.6 is 0 Å². The summed E-state index contributed by atoms with van der Waals surface area (Å²) in [6, 6.07) is 3.05. The smallest absolute Gasteiger partial charge is 0.126 e. The molecule has 1 aliphatic carbocycles. The Hall–Kier alpha value is -1.09. The summed E-state index contributed by atoms with van der Waals surface area (Å²) >= 11 is 0. The molecule has 2 N–H and O–H groups in total. The molecule has 16 heavy (non-hydrogen) atoms. The van der Waals surface area contributed by atoms with Crippen LogP contribution in [-0.4, -0.2) is 6.10 Å². The maximum Gasteiger partial charge on any atom is 0.126 e. The van der Waals surface area contributed by atoms with E-state index in [1.165, 1.54) is 12.5 Å². The van der Waals surface area contributed by atoms with E-state index in [0.717, 1.165) is 24.2 Å². The summed E-state index contributed by atoms with van der Waals surface area (Å²) < 4.78 is 19.3. The van der Waals surface area contributed by atoms with Gasteiger partial charge in [0.2, 0.25) is 0 Å². The molecule has 0 aliphatic heterocycles. The minimum absolute atomic E-state index is 0.204. The first kappa shape index (κ1) is 11.4. The van der Waals surface area contributed by atoms with Crippen LogP contribution in [0.4, 0.5) is 4.39 Å². The van der Waals surface area contributed by atoms with Gasteiger partial charge in [0.05, 0.1) is 6.10 Å². The monoisotopic (exact) mass is 223 g/mol. The van der Waals surface area contributed by atoms with Gasteiger partial charge in [-0.25, -0.2) is 4.39 Å². The van der Waals surface area contributed by atoms with E-state index in [9.17, 15) is 4.39 Å². The van der Waals surface area contributed by atoms with Crippen molar-refractivity contribution in [3.8, 4) is 5.75 Å². The average Bonchev–Trinajstić information content (AvgIpc) is 2.16. The van der Waals surface area contributed by atoms with Gasteiger partial charge in [-0.2, -0.15) is 0 Å². The number of rotatable bonds is 3. The molecule has 0 spiro atoms. The van der Waals surface area contributed by atoms with Crippen molar-refractivity contribution in [3.63, 3.8) is 0 Å². The molecule has 1 aromatic carbocycles. The van der Waals surface area contributed by atoms with Crippen molar-refractivity contribution in [2.24, 2.45) is 5.73 Å². The first-order chi connectivity index (χ1) is 7.58. The predicted molar refractivity (Wildman–Crippen MR) is 62.0 cm³/mol. The van der Waals surface area contributed by atoms with Crippen molar-refractivity contribution in [2.45, 2.75) is 45.3 Å². The molecule has 0 aromatic heterocycles. The molecule has 1 aromatic rings. The number of ether oxygens (including phenoxy) is 1. The number of aryl methyl sites for hydroxylation is 1. The Morgan fingerprint density at radius 3 is 2.62 bits per heavy atom. The summed E-state index contributed by atoms with van der Waals surface area (Å²) in [4.78, 5) is 0. The van der Waals surface area contributed by atoms with Crippen LogP contribution in [0.25, 0.3) is 0 Å². The van der Waals surface area contributed by atoms with E-state index >= 15 is 0 Å². The van der Waals surface area contributed by atoms with Gasteiger partial charge in [-0.1, -0.05) is 0 Å². The van der Waals surface area contributed by atoms with E-state index in [0.29, 0.717) is 11.7 Å². The third-order valence-electron chi connectivity index (χ3n) is 3.13. The number of halogens is 1. The van der Waals surface area contributed by atoms with Gasteiger partial charge in [-0.3, -0.25) is 0 Å². The summed E-state index contributed by atoms with van der Waals surface area (Å²) in [5.41, 5.74) is 7.19. The third-order valence-corrected chi connectivity index (χ3v) is 3.13. The number of hydrogen-bond donors (Lipinski definition) is 1. The molecule has 3 heteroatoms. The lowest BCUT2D eigenvalue weighted by Crippen LogP contribution is -2.25. The maximum absolute atomic E-state index is 13.4. The van der Waals surface area contributed by atoms with Crippen LogP contribution in [0.2, 0.25) is 0 Å². The molecule has 0 saturated heterocycles. The summed E-state index contributed by atoms with van der Waals surface area (Å²) in [6.45, 7) is 3.59. The van der Waals surface area contributed by atoms with Gasteiger partial charge < -0.3 is 10.5 Å². The zero-order valence-corrected chi connectivity index (χ0v) is 9.79. The molecule has 2 nitrogen and oxygen atoms in total. The van der Waals surface area contributed by atoms with Crippen LogP contribution in [0.5, 0.6) is 5.75 Å². The summed E-state index contributed by atoms with van der Waals surface area (Å²) in [7, 11) is 0. The largest absolute Gasteiger partial charge is 0.490 e. The van der Waals surface area contributed by atoms with Crippen LogP contribution in [0.1, 0.15) is 43.4 Å². The second-order valence-electron chi connectivity index (χ2n) is 4.60. The molecule has 0 amide bonds. The minimum Gasteiger partial charge on any atom is -0.490 e. The summed E-state index contributed by atoms with van der Waals surface area (Å²) in [5, 5.41) is 0. The van der Waals surface area contributed by atoms with E-state index in [1.54, 1.807) is 13.0 Å². The first-order valence-corrected chi connectivity index (χ1v) is 5.80. The lowest BCUT2D eigenvalue weighted by atomic mass is 9.95. The predicted octanol–water partition coefficient (Wildman–Crippen LogP) is 3.09. The van der Waals surface area contributed by atoms with E-state index in [2.05, 4.69) is 0 Å². The molecule has 88 valence electrons. The van der Waals surface area contributed by atoms with E-state index < -0.39 is 0 Å². The van der Waals surface area contributed by atoms with Crippen LogP contribution in [0.3, 0.4) is 0 Å². The van der Waals surface area contributed by atoms with E-state index in [4.69, 9.17) is 10.5 Å². The van der Waals surface area contributed by atoms with E-state index in [-0.39, 0.29) is 11.9 Å². The second kappa shape index (κ2) is 4.42. The molecule has 1 saturated carbocycles. The fourth-order valence-corrected chi connectivity index (χ4v) is 1.80. The molecule has 1 atom stereocenters. The van der Waals surface area contributed by atoms with Crippen molar-refractivity contribution >= 4 is 0 Å². The zero-order valence-electron chi connectivity index (χ0n) is 9.79. The van der Waals surface area contributed by atoms with Crippen molar-refractivity contribution in [1.82, 2.24) is 0 Å². The Morgan fingerprint density at radius 2 is 2.12 bits per heavy atom. The molecule has 1 fully saturated rings. The normalized spacial score (nSPS) is 18.0. The van der Waals surface area contributed by atoms with Gasteiger partial charge in [-0.05, 0) is 50.8 Å².